The number of rotatable bonds is 2. The third kappa shape index (κ3) is 3.01. The molecule has 2 fully saturated rings. The minimum absolute atomic E-state index is 0.128. The predicted molar refractivity (Wildman–Crippen MR) is 70.8 cm³/mol. The fourth-order valence-corrected chi connectivity index (χ4v) is 3.72. The molecule has 0 aromatic rings. The maximum atomic E-state index is 10.3. The van der Waals surface area contributed by atoms with Gasteiger partial charge in [0.05, 0.1) is 6.10 Å². The van der Waals surface area contributed by atoms with E-state index in [4.69, 9.17) is 5.73 Å². The summed E-state index contributed by atoms with van der Waals surface area (Å²) >= 11 is 0. The summed E-state index contributed by atoms with van der Waals surface area (Å²) in [4.78, 5) is 2.53. The van der Waals surface area contributed by atoms with Gasteiger partial charge in [-0.25, -0.2) is 0 Å². The SMILES string of the molecule is CC1CCCN(C2CCCCCC2O)C1CN. The Bertz CT molecular complexity index is 234. The van der Waals surface area contributed by atoms with E-state index in [1.54, 1.807) is 0 Å². The molecule has 17 heavy (non-hydrogen) atoms. The number of aliphatic hydroxyl groups is 1. The molecule has 0 aromatic heterocycles. The van der Waals surface area contributed by atoms with E-state index in [2.05, 4.69) is 11.8 Å². The van der Waals surface area contributed by atoms with Crippen molar-refractivity contribution >= 4 is 0 Å². The quantitative estimate of drug-likeness (QED) is 0.723. The predicted octanol–water partition coefficient (Wildman–Crippen LogP) is 1.74. The average Bonchev–Trinajstić information content (AvgIpc) is 2.53. The van der Waals surface area contributed by atoms with Crippen LogP contribution < -0.4 is 5.73 Å². The largest absolute Gasteiger partial charge is 0.391 e. The third-order valence-electron chi connectivity index (χ3n) is 4.77. The number of piperidine rings is 1. The summed E-state index contributed by atoms with van der Waals surface area (Å²) < 4.78 is 0. The summed E-state index contributed by atoms with van der Waals surface area (Å²) in [6.45, 7) is 4.19. The van der Waals surface area contributed by atoms with Crippen molar-refractivity contribution in [3.05, 3.63) is 0 Å². The van der Waals surface area contributed by atoms with E-state index in [0.29, 0.717) is 18.0 Å². The van der Waals surface area contributed by atoms with Gasteiger partial charge in [0.15, 0.2) is 0 Å². The molecule has 3 nitrogen and oxygen atoms in total. The highest BCUT2D eigenvalue weighted by molar-refractivity contribution is 4.91. The number of nitrogens with two attached hydrogens (primary N) is 1. The van der Waals surface area contributed by atoms with Gasteiger partial charge >= 0.3 is 0 Å². The Kier molecular flexibility index (Phi) is 4.83. The van der Waals surface area contributed by atoms with E-state index in [9.17, 15) is 5.11 Å². The lowest BCUT2D eigenvalue weighted by molar-refractivity contribution is -0.0104. The molecule has 2 rings (SSSR count). The second-order valence-electron chi connectivity index (χ2n) is 5.93. The Labute approximate surface area is 105 Å². The first-order valence-electron chi connectivity index (χ1n) is 7.38. The van der Waals surface area contributed by atoms with Crippen molar-refractivity contribution in [2.75, 3.05) is 13.1 Å². The van der Waals surface area contributed by atoms with E-state index >= 15 is 0 Å². The summed E-state index contributed by atoms with van der Waals surface area (Å²) in [5, 5.41) is 10.3. The van der Waals surface area contributed by atoms with Gasteiger partial charge in [-0.05, 0) is 38.1 Å². The van der Waals surface area contributed by atoms with Crippen molar-refractivity contribution in [3.63, 3.8) is 0 Å². The van der Waals surface area contributed by atoms with E-state index in [1.807, 2.05) is 0 Å². The van der Waals surface area contributed by atoms with Gasteiger partial charge in [0.1, 0.15) is 0 Å². The summed E-state index contributed by atoms with van der Waals surface area (Å²) in [6.07, 6.45) is 8.30. The summed E-state index contributed by atoms with van der Waals surface area (Å²) in [6, 6.07) is 0.857. The van der Waals surface area contributed by atoms with Crippen molar-refractivity contribution in [3.8, 4) is 0 Å². The number of nitrogens with zero attached hydrogens (tertiary/aromatic N) is 1. The van der Waals surface area contributed by atoms with Crippen molar-refractivity contribution in [1.29, 1.82) is 0 Å². The van der Waals surface area contributed by atoms with Crippen LogP contribution in [0, 0.1) is 5.92 Å². The van der Waals surface area contributed by atoms with Gasteiger partial charge in [-0.3, -0.25) is 4.90 Å². The van der Waals surface area contributed by atoms with Crippen LogP contribution in [0.15, 0.2) is 0 Å². The Balaban J connectivity index is 2.06. The molecule has 0 radical (unpaired) electrons. The van der Waals surface area contributed by atoms with Crippen LogP contribution in [0.2, 0.25) is 0 Å². The Hall–Kier alpha value is -0.120. The van der Waals surface area contributed by atoms with E-state index in [0.717, 1.165) is 25.9 Å². The highest BCUT2D eigenvalue weighted by Crippen LogP contribution is 2.30. The molecule has 4 unspecified atom stereocenters. The summed E-state index contributed by atoms with van der Waals surface area (Å²) in [5.74, 6) is 0.684. The van der Waals surface area contributed by atoms with Crippen LogP contribution in [0.3, 0.4) is 0 Å². The van der Waals surface area contributed by atoms with Gasteiger partial charge in [0.2, 0.25) is 0 Å². The molecular weight excluding hydrogens is 212 g/mol. The zero-order chi connectivity index (χ0) is 12.3. The van der Waals surface area contributed by atoms with Crippen LogP contribution in [-0.4, -0.2) is 41.3 Å². The first-order valence-corrected chi connectivity index (χ1v) is 7.38. The Morgan fingerprint density at radius 2 is 1.88 bits per heavy atom. The number of hydrogen-bond acceptors (Lipinski definition) is 3. The monoisotopic (exact) mass is 240 g/mol. The van der Waals surface area contributed by atoms with E-state index in [-0.39, 0.29) is 6.10 Å². The van der Waals surface area contributed by atoms with Gasteiger partial charge in [0.25, 0.3) is 0 Å². The first-order chi connectivity index (χ1) is 8.24. The summed E-state index contributed by atoms with van der Waals surface area (Å²) in [5.41, 5.74) is 5.95. The molecule has 3 heteroatoms. The van der Waals surface area contributed by atoms with Crippen molar-refractivity contribution in [2.45, 2.75) is 70.1 Å². The lowest BCUT2D eigenvalue weighted by atomic mass is 9.87. The first kappa shape index (κ1) is 13.3. The fraction of sp³-hybridized carbons (Fsp3) is 1.00. The van der Waals surface area contributed by atoms with Crippen LogP contribution in [0.5, 0.6) is 0 Å². The minimum atomic E-state index is -0.128. The molecule has 100 valence electrons. The number of likely N-dealkylation sites (tertiary alicyclic amines) is 1. The normalized spacial score (nSPS) is 41.1. The molecule has 0 spiro atoms. The molecule has 1 saturated carbocycles. The standard InChI is InChI=1S/C14H28N2O/c1-11-6-5-9-16(13(11)10-15)12-7-3-2-4-8-14(12)17/h11-14,17H,2-10,15H2,1H3. The van der Waals surface area contributed by atoms with Crippen LogP contribution in [0.4, 0.5) is 0 Å². The highest BCUT2D eigenvalue weighted by Gasteiger charge is 2.35. The van der Waals surface area contributed by atoms with Crippen LogP contribution in [0.1, 0.15) is 51.9 Å². The van der Waals surface area contributed by atoms with Gasteiger partial charge in [0, 0.05) is 18.6 Å². The van der Waals surface area contributed by atoms with Gasteiger partial charge in [-0.15, -0.1) is 0 Å². The topological polar surface area (TPSA) is 49.5 Å². The molecule has 1 aliphatic heterocycles. The Morgan fingerprint density at radius 1 is 1.12 bits per heavy atom. The zero-order valence-electron chi connectivity index (χ0n) is 11.1. The van der Waals surface area contributed by atoms with Crippen LogP contribution >= 0.6 is 0 Å². The second-order valence-corrected chi connectivity index (χ2v) is 5.93. The average molecular weight is 240 g/mol. The number of aliphatic hydroxyl groups excluding tert-OH is 1. The third-order valence-corrected chi connectivity index (χ3v) is 4.77. The smallest absolute Gasteiger partial charge is 0.0695 e. The number of hydrogen-bond donors (Lipinski definition) is 2. The fourth-order valence-electron chi connectivity index (χ4n) is 3.72. The molecule has 3 N–H and O–H groups in total. The minimum Gasteiger partial charge on any atom is -0.391 e. The molecule has 0 amide bonds. The molecule has 1 saturated heterocycles. The highest BCUT2D eigenvalue weighted by atomic mass is 16.3. The molecule has 0 aromatic carbocycles. The lowest BCUT2D eigenvalue weighted by Gasteiger charge is -2.45. The maximum Gasteiger partial charge on any atom is 0.0695 e. The van der Waals surface area contributed by atoms with E-state index < -0.39 is 0 Å². The van der Waals surface area contributed by atoms with E-state index in [1.165, 1.54) is 32.1 Å². The molecule has 0 bridgehead atoms. The molecular formula is C14H28N2O. The van der Waals surface area contributed by atoms with Crippen molar-refractivity contribution in [2.24, 2.45) is 11.7 Å². The van der Waals surface area contributed by atoms with Gasteiger partial charge in [-0.2, -0.15) is 0 Å². The molecule has 4 atom stereocenters. The zero-order valence-corrected chi connectivity index (χ0v) is 11.1. The van der Waals surface area contributed by atoms with Crippen LogP contribution in [-0.2, 0) is 0 Å². The second kappa shape index (κ2) is 6.17. The molecule has 1 heterocycles. The Morgan fingerprint density at radius 3 is 2.65 bits per heavy atom. The van der Waals surface area contributed by atoms with Crippen LogP contribution in [0.25, 0.3) is 0 Å². The van der Waals surface area contributed by atoms with Gasteiger partial charge in [-0.1, -0.05) is 26.2 Å². The van der Waals surface area contributed by atoms with Crippen molar-refractivity contribution in [1.82, 2.24) is 4.90 Å². The van der Waals surface area contributed by atoms with Gasteiger partial charge < -0.3 is 10.8 Å². The molecule has 1 aliphatic carbocycles. The van der Waals surface area contributed by atoms with Crippen molar-refractivity contribution < 1.29 is 5.11 Å². The molecule has 2 aliphatic rings. The lowest BCUT2D eigenvalue weighted by Crippen LogP contribution is -2.56. The summed E-state index contributed by atoms with van der Waals surface area (Å²) in [7, 11) is 0. The maximum absolute atomic E-state index is 10.3.